The third kappa shape index (κ3) is 6.15. The van der Waals surface area contributed by atoms with Gasteiger partial charge in [-0.15, -0.1) is 0 Å². The van der Waals surface area contributed by atoms with Gasteiger partial charge >= 0.3 is 0 Å². The molecule has 3 heterocycles. The van der Waals surface area contributed by atoms with Crippen molar-refractivity contribution >= 4 is 5.78 Å². The summed E-state index contributed by atoms with van der Waals surface area (Å²) in [4.78, 5) is 12.9. The zero-order chi connectivity index (χ0) is 31.9. The van der Waals surface area contributed by atoms with Gasteiger partial charge in [-0.25, -0.2) is 0 Å². The molecule has 5 rings (SSSR count). The summed E-state index contributed by atoms with van der Waals surface area (Å²) in [5, 5.41) is 82.8. The van der Waals surface area contributed by atoms with E-state index in [4.69, 9.17) is 28.4 Å². The molecule has 2 fully saturated rings. The second kappa shape index (κ2) is 13.0. The molecule has 0 aromatic heterocycles. The lowest BCUT2D eigenvalue weighted by atomic mass is 9.95. The second-order valence-electron chi connectivity index (χ2n) is 10.9. The van der Waals surface area contributed by atoms with E-state index in [0.29, 0.717) is 12.0 Å². The van der Waals surface area contributed by atoms with E-state index in [0.717, 1.165) is 6.07 Å². The van der Waals surface area contributed by atoms with E-state index in [-0.39, 0.29) is 35.0 Å². The summed E-state index contributed by atoms with van der Waals surface area (Å²) in [7, 11) is 1.40. The molecule has 0 amide bonds. The highest BCUT2D eigenvalue weighted by Gasteiger charge is 2.48. The van der Waals surface area contributed by atoms with Gasteiger partial charge in [0.1, 0.15) is 71.6 Å². The van der Waals surface area contributed by atoms with Crippen molar-refractivity contribution in [3.05, 3.63) is 41.5 Å². The van der Waals surface area contributed by atoms with Crippen LogP contribution in [0.4, 0.5) is 0 Å². The van der Waals surface area contributed by atoms with Crippen LogP contribution in [0.15, 0.2) is 30.3 Å². The molecule has 3 aliphatic rings. The molecular weight excluding hydrogens is 588 g/mol. The van der Waals surface area contributed by atoms with Crippen molar-refractivity contribution in [2.75, 3.05) is 13.7 Å². The van der Waals surface area contributed by atoms with Gasteiger partial charge in [0.05, 0.1) is 26.2 Å². The van der Waals surface area contributed by atoms with Gasteiger partial charge in [-0.3, -0.25) is 4.79 Å². The molecule has 242 valence electrons. The first-order valence-corrected chi connectivity index (χ1v) is 14.0. The van der Waals surface area contributed by atoms with Crippen molar-refractivity contribution in [1.82, 2.24) is 0 Å². The molecule has 44 heavy (non-hydrogen) atoms. The number of rotatable bonds is 8. The smallest absolute Gasteiger partial charge is 0.229 e. The Labute approximate surface area is 251 Å². The van der Waals surface area contributed by atoms with Crippen molar-refractivity contribution in [2.24, 2.45) is 0 Å². The first-order valence-electron chi connectivity index (χ1n) is 14.0. The van der Waals surface area contributed by atoms with Crippen LogP contribution in [0.1, 0.15) is 41.8 Å². The van der Waals surface area contributed by atoms with Crippen molar-refractivity contribution in [3.8, 4) is 28.7 Å². The molecule has 0 aliphatic carbocycles. The standard InChI is InChI=1S/C29H36O15/c1-3-16-22(33)24(35)26(37)28(43-16)40-10-20-23(34)25(36)27(38)29(44-20)41-12-7-14(31)21-15(32)9-18(42-19(21)8-12)11-4-5-17(39-2)13(30)6-11/h4-8,16,18,20,22-31,33-38H,3,9-10H2,1-2H3/t16?,18?,20?,22-,23+,24?,25?,26?,27?,28+,29+/m0/s1. The second-order valence-corrected chi connectivity index (χ2v) is 10.9. The number of ketones is 1. The highest BCUT2D eigenvalue weighted by atomic mass is 16.7. The summed E-state index contributed by atoms with van der Waals surface area (Å²) in [6.07, 6.45) is -15.5. The summed E-state index contributed by atoms with van der Waals surface area (Å²) in [6.45, 7) is 1.21. The van der Waals surface area contributed by atoms with Crippen LogP contribution in [0, 0.1) is 0 Å². The van der Waals surface area contributed by atoms with E-state index in [9.17, 15) is 45.6 Å². The number of fused-ring (bicyclic) bond motifs is 1. The quantitative estimate of drug-likeness (QED) is 0.180. The number of aliphatic hydroxyl groups is 6. The fourth-order valence-electron chi connectivity index (χ4n) is 5.44. The predicted molar refractivity (Wildman–Crippen MR) is 145 cm³/mol. The number of ether oxygens (including phenoxy) is 6. The van der Waals surface area contributed by atoms with Crippen LogP contribution in [-0.4, -0.2) is 122 Å². The van der Waals surface area contributed by atoms with Gasteiger partial charge in [0, 0.05) is 12.1 Å². The van der Waals surface area contributed by atoms with Crippen LogP contribution >= 0.6 is 0 Å². The van der Waals surface area contributed by atoms with E-state index in [1.54, 1.807) is 13.0 Å². The molecule has 2 aromatic rings. The summed E-state index contributed by atoms with van der Waals surface area (Å²) < 4.78 is 33.4. The van der Waals surface area contributed by atoms with E-state index in [1.165, 1.54) is 25.3 Å². The number of methoxy groups -OCH3 is 1. The number of aromatic hydroxyl groups is 2. The number of hydrogen-bond acceptors (Lipinski definition) is 15. The van der Waals surface area contributed by atoms with Crippen molar-refractivity contribution in [2.45, 2.75) is 87.3 Å². The fourth-order valence-corrected chi connectivity index (χ4v) is 5.44. The Morgan fingerprint density at radius 2 is 1.48 bits per heavy atom. The lowest BCUT2D eigenvalue weighted by Gasteiger charge is -2.42. The minimum atomic E-state index is -1.77. The molecule has 0 spiro atoms. The number of phenols is 2. The van der Waals surface area contributed by atoms with E-state index in [2.05, 4.69) is 0 Å². The van der Waals surface area contributed by atoms with Gasteiger partial charge in [0.25, 0.3) is 0 Å². The molecule has 3 aliphatic heterocycles. The Balaban J connectivity index is 1.30. The lowest BCUT2D eigenvalue weighted by Crippen LogP contribution is -2.61. The van der Waals surface area contributed by atoms with Gasteiger partial charge in [-0.1, -0.05) is 13.0 Å². The summed E-state index contributed by atoms with van der Waals surface area (Å²) in [5.41, 5.74) is 0.375. The highest BCUT2D eigenvalue weighted by molar-refractivity contribution is 6.02. The average Bonchev–Trinajstić information content (AvgIpc) is 3.00. The number of carbonyl (C=O) groups excluding carboxylic acids is 1. The maximum Gasteiger partial charge on any atom is 0.229 e. The highest BCUT2D eigenvalue weighted by Crippen LogP contribution is 2.43. The third-order valence-corrected chi connectivity index (χ3v) is 7.96. The third-order valence-electron chi connectivity index (χ3n) is 7.96. The van der Waals surface area contributed by atoms with E-state index < -0.39 is 85.7 Å². The van der Waals surface area contributed by atoms with Crippen molar-refractivity contribution in [3.63, 3.8) is 0 Å². The largest absolute Gasteiger partial charge is 0.507 e. The topological polar surface area (TPSA) is 234 Å². The Morgan fingerprint density at radius 1 is 0.818 bits per heavy atom. The number of phenolic OH excluding ortho intramolecular Hbond substituents is 2. The molecule has 8 N–H and O–H groups in total. The molecule has 0 bridgehead atoms. The average molecular weight is 625 g/mol. The summed E-state index contributed by atoms with van der Waals surface area (Å²) >= 11 is 0. The Morgan fingerprint density at radius 3 is 2.14 bits per heavy atom. The zero-order valence-electron chi connectivity index (χ0n) is 23.8. The lowest BCUT2D eigenvalue weighted by molar-refractivity contribution is -0.320. The summed E-state index contributed by atoms with van der Waals surface area (Å²) in [6, 6.07) is 6.91. The fraction of sp³-hybridized carbons (Fsp3) is 0.552. The molecule has 0 saturated carbocycles. The Hall–Kier alpha value is -3.25. The number of hydrogen-bond donors (Lipinski definition) is 8. The molecule has 11 atom stereocenters. The van der Waals surface area contributed by atoms with Gasteiger partial charge in [-0.05, 0) is 24.1 Å². The minimum absolute atomic E-state index is 0.0445. The monoisotopic (exact) mass is 624 g/mol. The van der Waals surface area contributed by atoms with Crippen LogP contribution in [0.25, 0.3) is 0 Å². The normalized spacial score (nSPS) is 35.5. The molecule has 0 radical (unpaired) electrons. The number of benzene rings is 2. The van der Waals surface area contributed by atoms with Crippen LogP contribution in [0.5, 0.6) is 28.7 Å². The van der Waals surface area contributed by atoms with E-state index >= 15 is 0 Å². The molecular formula is C29H36O15. The molecule has 15 heteroatoms. The van der Waals surface area contributed by atoms with Gasteiger partial charge in [-0.2, -0.15) is 0 Å². The SMILES string of the molecule is CCC1O[C@@H](OCC2O[C@@H](Oc3cc(O)c4c(c3)OC(c3ccc(OC)c(O)c3)CC4=O)C(O)C(O)[C@@H]2O)C(O)C(O)[C@H]1O. The molecule has 7 unspecified atom stereocenters. The number of Topliss-reactive ketones (excluding diaryl/α,β-unsaturated/α-hetero) is 1. The van der Waals surface area contributed by atoms with Crippen LogP contribution in [-0.2, 0) is 14.2 Å². The first kappa shape index (κ1) is 32.2. The molecule has 15 nitrogen and oxygen atoms in total. The number of carbonyl (C=O) groups is 1. The predicted octanol–water partition coefficient (Wildman–Crippen LogP) is -0.767. The summed E-state index contributed by atoms with van der Waals surface area (Å²) in [5.74, 6) is -0.992. The van der Waals surface area contributed by atoms with Crippen LogP contribution in [0.2, 0.25) is 0 Å². The Kier molecular flexibility index (Phi) is 9.50. The van der Waals surface area contributed by atoms with Gasteiger partial charge < -0.3 is 69.3 Å². The zero-order valence-corrected chi connectivity index (χ0v) is 23.8. The number of aliphatic hydroxyl groups excluding tert-OH is 6. The molecule has 2 saturated heterocycles. The van der Waals surface area contributed by atoms with Crippen molar-refractivity contribution < 1.29 is 74.1 Å². The maximum atomic E-state index is 12.9. The minimum Gasteiger partial charge on any atom is -0.507 e. The van der Waals surface area contributed by atoms with Gasteiger partial charge in [0.2, 0.25) is 6.29 Å². The van der Waals surface area contributed by atoms with E-state index in [1.807, 2.05) is 0 Å². The van der Waals surface area contributed by atoms with Crippen molar-refractivity contribution in [1.29, 1.82) is 0 Å². The maximum absolute atomic E-state index is 12.9. The van der Waals surface area contributed by atoms with Crippen LogP contribution < -0.4 is 14.2 Å². The first-order chi connectivity index (χ1) is 20.9. The Bertz CT molecular complexity index is 1330. The van der Waals surface area contributed by atoms with Gasteiger partial charge in [0.15, 0.2) is 23.6 Å². The van der Waals surface area contributed by atoms with Crippen LogP contribution in [0.3, 0.4) is 0 Å². The molecule has 2 aromatic carbocycles.